The molecule has 0 amide bonds. The largest absolute Gasteiger partial charge is 0.492 e. The SMILES string of the molecule is COC1=CC(=O)c2c(c(COC(C)=O)c(C)n2C)C1=O. The van der Waals surface area contributed by atoms with Crippen LogP contribution in [-0.2, 0) is 27.9 Å². The van der Waals surface area contributed by atoms with Crippen LogP contribution in [0.15, 0.2) is 11.8 Å². The smallest absolute Gasteiger partial charge is 0.302 e. The molecule has 1 aliphatic rings. The molecule has 20 heavy (non-hydrogen) atoms. The van der Waals surface area contributed by atoms with Crippen molar-refractivity contribution in [3.05, 3.63) is 34.3 Å². The number of ether oxygens (including phenoxy) is 2. The topological polar surface area (TPSA) is 74.6 Å². The molecule has 1 aromatic rings. The Bertz CT molecular complexity index is 651. The molecule has 0 radical (unpaired) electrons. The van der Waals surface area contributed by atoms with Gasteiger partial charge < -0.3 is 14.0 Å². The van der Waals surface area contributed by atoms with Crippen LogP contribution >= 0.6 is 0 Å². The third-order valence-corrected chi connectivity index (χ3v) is 3.40. The van der Waals surface area contributed by atoms with Gasteiger partial charge in [0.15, 0.2) is 5.76 Å². The van der Waals surface area contributed by atoms with Gasteiger partial charge in [0.1, 0.15) is 12.3 Å². The Kier molecular flexibility index (Phi) is 3.48. The van der Waals surface area contributed by atoms with Gasteiger partial charge in [0.25, 0.3) is 0 Å². The van der Waals surface area contributed by atoms with Crippen LogP contribution in [-0.4, -0.2) is 29.2 Å². The Morgan fingerprint density at radius 1 is 1.35 bits per heavy atom. The Morgan fingerprint density at radius 3 is 2.55 bits per heavy atom. The number of ketones is 2. The molecule has 0 saturated heterocycles. The number of esters is 1. The highest BCUT2D eigenvalue weighted by atomic mass is 16.5. The van der Waals surface area contributed by atoms with E-state index >= 15 is 0 Å². The number of rotatable bonds is 3. The van der Waals surface area contributed by atoms with Crippen LogP contribution in [0.2, 0.25) is 0 Å². The summed E-state index contributed by atoms with van der Waals surface area (Å²) >= 11 is 0. The van der Waals surface area contributed by atoms with Gasteiger partial charge in [-0.2, -0.15) is 0 Å². The lowest BCUT2D eigenvalue weighted by Gasteiger charge is -2.13. The number of hydrogen-bond donors (Lipinski definition) is 0. The fraction of sp³-hybridized carbons (Fsp3) is 0.357. The maximum absolute atomic E-state index is 12.3. The molecule has 0 unspecified atom stereocenters. The number of nitrogens with zero attached hydrogens (tertiary/aromatic N) is 1. The van der Waals surface area contributed by atoms with Crippen LogP contribution in [0, 0.1) is 6.92 Å². The number of carbonyl (C=O) groups is 3. The molecule has 6 heteroatoms. The van der Waals surface area contributed by atoms with Crippen LogP contribution in [0.4, 0.5) is 0 Å². The van der Waals surface area contributed by atoms with Gasteiger partial charge in [0.2, 0.25) is 11.6 Å². The van der Waals surface area contributed by atoms with E-state index in [0.717, 1.165) is 0 Å². The van der Waals surface area contributed by atoms with Crippen molar-refractivity contribution in [1.82, 2.24) is 4.57 Å². The van der Waals surface area contributed by atoms with Crippen LogP contribution in [0.3, 0.4) is 0 Å². The second-order valence-corrected chi connectivity index (χ2v) is 4.53. The molecule has 1 heterocycles. The van der Waals surface area contributed by atoms with Crippen molar-refractivity contribution in [3.63, 3.8) is 0 Å². The second kappa shape index (κ2) is 4.96. The molecule has 1 aliphatic carbocycles. The number of carbonyl (C=O) groups excluding carboxylic acids is 3. The highest BCUT2D eigenvalue weighted by molar-refractivity contribution is 6.24. The lowest BCUT2D eigenvalue weighted by atomic mass is 9.96. The average Bonchev–Trinajstić information content (AvgIpc) is 2.65. The van der Waals surface area contributed by atoms with E-state index in [1.54, 1.807) is 18.5 Å². The number of allylic oxidation sites excluding steroid dienone is 2. The number of methoxy groups -OCH3 is 1. The first-order valence-electron chi connectivity index (χ1n) is 6.04. The van der Waals surface area contributed by atoms with Crippen molar-refractivity contribution in [2.75, 3.05) is 7.11 Å². The second-order valence-electron chi connectivity index (χ2n) is 4.53. The standard InChI is InChI=1S/C14H15NO5/c1-7-9(6-20-8(2)16)12-13(15(7)3)10(17)5-11(19-4)14(12)18/h5H,6H2,1-4H3. The zero-order valence-corrected chi connectivity index (χ0v) is 11.8. The fourth-order valence-electron chi connectivity index (χ4n) is 2.27. The molecule has 0 fully saturated rings. The van der Waals surface area contributed by atoms with Gasteiger partial charge in [-0.25, -0.2) is 0 Å². The quantitative estimate of drug-likeness (QED) is 0.779. The monoisotopic (exact) mass is 277 g/mol. The normalized spacial score (nSPS) is 13.9. The van der Waals surface area contributed by atoms with Crippen molar-refractivity contribution < 1.29 is 23.9 Å². The molecular weight excluding hydrogens is 262 g/mol. The van der Waals surface area contributed by atoms with Gasteiger partial charge in [-0.05, 0) is 6.92 Å². The third kappa shape index (κ3) is 2.03. The molecule has 0 atom stereocenters. The van der Waals surface area contributed by atoms with Gasteiger partial charge in [-0.3, -0.25) is 14.4 Å². The zero-order valence-electron chi connectivity index (χ0n) is 11.8. The van der Waals surface area contributed by atoms with Crippen molar-refractivity contribution >= 4 is 17.5 Å². The van der Waals surface area contributed by atoms with Crippen LogP contribution < -0.4 is 0 Å². The summed E-state index contributed by atoms with van der Waals surface area (Å²) in [6, 6.07) is 0. The Hall–Kier alpha value is -2.37. The number of Topliss-reactive ketones (excluding diaryl/α,β-unsaturated/α-hetero) is 1. The number of aromatic nitrogens is 1. The fourth-order valence-corrected chi connectivity index (χ4v) is 2.27. The zero-order chi connectivity index (χ0) is 15.0. The summed E-state index contributed by atoms with van der Waals surface area (Å²) in [4.78, 5) is 35.4. The third-order valence-electron chi connectivity index (χ3n) is 3.40. The molecule has 106 valence electrons. The molecule has 0 saturated carbocycles. The van der Waals surface area contributed by atoms with Gasteiger partial charge in [-0.1, -0.05) is 0 Å². The first-order chi connectivity index (χ1) is 9.38. The van der Waals surface area contributed by atoms with Gasteiger partial charge in [0, 0.05) is 31.3 Å². The summed E-state index contributed by atoms with van der Waals surface area (Å²) in [6.45, 7) is 3.02. The van der Waals surface area contributed by atoms with Crippen molar-refractivity contribution in [2.24, 2.45) is 7.05 Å². The summed E-state index contributed by atoms with van der Waals surface area (Å²) in [5.74, 6) is -1.11. The van der Waals surface area contributed by atoms with E-state index in [1.807, 2.05) is 0 Å². The lowest BCUT2D eigenvalue weighted by molar-refractivity contribution is -0.142. The summed E-state index contributed by atoms with van der Waals surface area (Å²) < 4.78 is 11.5. The van der Waals surface area contributed by atoms with Crippen molar-refractivity contribution in [2.45, 2.75) is 20.5 Å². The van der Waals surface area contributed by atoms with Crippen molar-refractivity contribution in [3.8, 4) is 0 Å². The Labute approximate surface area is 116 Å². The van der Waals surface area contributed by atoms with Gasteiger partial charge >= 0.3 is 5.97 Å². The Balaban J connectivity index is 2.58. The van der Waals surface area contributed by atoms with Crippen LogP contribution in [0.5, 0.6) is 0 Å². The molecule has 0 N–H and O–H groups in total. The van der Waals surface area contributed by atoms with Crippen molar-refractivity contribution in [1.29, 1.82) is 0 Å². The molecule has 0 aromatic carbocycles. The minimum atomic E-state index is -0.445. The maximum atomic E-state index is 12.3. The van der Waals surface area contributed by atoms with E-state index in [0.29, 0.717) is 17.0 Å². The minimum Gasteiger partial charge on any atom is -0.492 e. The van der Waals surface area contributed by atoms with E-state index in [2.05, 4.69) is 0 Å². The first kappa shape index (κ1) is 14.0. The van der Waals surface area contributed by atoms with Gasteiger partial charge in [-0.15, -0.1) is 0 Å². The van der Waals surface area contributed by atoms with E-state index in [4.69, 9.17) is 9.47 Å². The molecule has 0 spiro atoms. The van der Waals surface area contributed by atoms with Gasteiger partial charge in [0.05, 0.1) is 12.7 Å². The average molecular weight is 277 g/mol. The van der Waals surface area contributed by atoms with E-state index in [9.17, 15) is 14.4 Å². The molecule has 1 aromatic heterocycles. The Morgan fingerprint density at radius 2 is 2.00 bits per heavy atom. The maximum Gasteiger partial charge on any atom is 0.302 e. The molecule has 0 bridgehead atoms. The highest BCUT2D eigenvalue weighted by Gasteiger charge is 2.34. The molecular formula is C14H15NO5. The number of fused-ring (bicyclic) bond motifs is 1. The number of hydrogen-bond acceptors (Lipinski definition) is 5. The molecule has 6 nitrogen and oxygen atoms in total. The van der Waals surface area contributed by atoms with E-state index in [-0.39, 0.29) is 29.5 Å². The summed E-state index contributed by atoms with van der Waals surface area (Å²) in [5.41, 5.74) is 1.81. The predicted octanol–water partition coefficient (Wildman–Crippen LogP) is 1.31. The summed E-state index contributed by atoms with van der Waals surface area (Å²) in [7, 11) is 3.03. The van der Waals surface area contributed by atoms with Crippen LogP contribution in [0.25, 0.3) is 0 Å². The van der Waals surface area contributed by atoms with E-state index < -0.39 is 5.97 Å². The summed E-state index contributed by atoms with van der Waals surface area (Å²) in [5, 5.41) is 0. The molecule has 2 rings (SSSR count). The first-order valence-corrected chi connectivity index (χ1v) is 6.04. The minimum absolute atomic E-state index is 0.00262. The molecule has 0 aliphatic heterocycles. The van der Waals surface area contributed by atoms with Crippen LogP contribution in [0.1, 0.15) is 39.0 Å². The van der Waals surface area contributed by atoms with E-state index in [1.165, 1.54) is 20.1 Å². The predicted molar refractivity (Wildman–Crippen MR) is 69.4 cm³/mol. The highest BCUT2D eigenvalue weighted by Crippen LogP contribution is 2.29. The summed E-state index contributed by atoms with van der Waals surface area (Å²) in [6.07, 6.45) is 1.18. The lowest BCUT2D eigenvalue weighted by Crippen LogP contribution is -2.20.